The molecular formula is C29H40N4O4. The van der Waals surface area contributed by atoms with Crippen molar-refractivity contribution >= 4 is 24.0 Å². The molecule has 0 aliphatic rings. The number of nitrogens with zero attached hydrogens (tertiary/aromatic N) is 1. The van der Waals surface area contributed by atoms with Gasteiger partial charge in [0.1, 0.15) is 12.3 Å². The third-order valence-corrected chi connectivity index (χ3v) is 6.14. The minimum absolute atomic E-state index is 0.203. The molecule has 200 valence electrons. The molecule has 3 N–H and O–H groups in total. The molecule has 0 aromatic heterocycles. The van der Waals surface area contributed by atoms with Crippen molar-refractivity contribution in [2.45, 2.75) is 52.6 Å². The highest BCUT2D eigenvalue weighted by atomic mass is 16.2. The van der Waals surface area contributed by atoms with Gasteiger partial charge in [0, 0.05) is 30.6 Å². The summed E-state index contributed by atoms with van der Waals surface area (Å²) in [4.78, 5) is 52.2. The van der Waals surface area contributed by atoms with Crippen molar-refractivity contribution in [3.63, 3.8) is 0 Å². The Bertz CT molecular complexity index is 1000. The van der Waals surface area contributed by atoms with Gasteiger partial charge in [-0.25, -0.2) is 0 Å². The summed E-state index contributed by atoms with van der Waals surface area (Å²) in [5.74, 6) is -0.827. The third kappa shape index (κ3) is 10.2. The Morgan fingerprint density at radius 2 is 1.46 bits per heavy atom. The predicted octanol–water partition coefficient (Wildman–Crippen LogP) is 2.83. The summed E-state index contributed by atoms with van der Waals surface area (Å²) in [5.41, 5.74) is 1.67. The second-order valence-corrected chi connectivity index (χ2v) is 9.46. The van der Waals surface area contributed by atoms with Crippen molar-refractivity contribution in [3.8, 4) is 0 Å². The summed E-state index contributed by atoms with van der Waals surface area (Å²) in [6, 6.07) is 14.2. The highest BCUT2D eigenvalue weighted by Gasteiger charge is 2.24. The van der Waals surface area contributed by atoms with Crippen LogP contribution >= 0.6 is 0 Å². The molecule has 3 amide bonds. The van der Waals surface area contributed by atoms with Gasteiger partial charge in [0.15, 0.2) is 0 Å². The molecule has 0 radical (unpaired) electrons. The van der Waals surface area contributed by atoms with Crippen molar-refractivity contribution in [3.05, 3.63) is 71.3 Å². The van der Waals surface area contributed by atoms with Gasteiger partial charge in [-0.3, -0.25) is 14.4 Å². The molecule has 0 aliphatic heterocycles. The fourth-order valence-electron chi connectivity index (χ4n) is 3.98. The zero-order valence-corrected chi connectivity index (χ0v) is 22.3. The van der Waals surface area contributed by atoms with E-state index in [-0.39, 0.29) is 18.2 Å². The quantitative estimate of drug-likeness (QED) is 0.321. The lowest BCUT2D eigenvalue weighted by Crippen LogP contribution is -2.51. The number of carbonyl (C=O) groups is 4. The molecule has 0 aliphatic carbocycles. The molecule has 0 fully saturated rings. The average Bonchev–Trinajstić information content (AvgIpc) is 2.90. The van der Waals surface area contributed by atoms with Gasteiger partial charge in [0.25, 0.3) is 11.8 Å². The molecule has 0 heterocycles. The number of hydrogen-bond acceptors (Lipinski definition) is 5. The van der Waals surface area contributed by atoms with Gasteiger partial charge in [0.2, 0.25) is 5.91 Å². The molecule has 37 heavy (non-hydrogen) atoms. The normalized spacial score (nSPS) is 12.6. The first-order valence-corrected chi connectivity index (χ1v) is 13.0. The molecule has 2 rings (SSSR count). The van der Waals surface area contributed by atoms with E-state index in [2.05, 4.69) is 34.7 Å². The topological polar surface area (TPSA) is 108 Å². The van der Waals surface area contributed by atoms with E-state index in [1.807, 2.05) is 44.2 Å². The van der Waals surface area contributed by atoms with Gasteiger partial charge in [-0.2, -0.15) is 0 Å². The fraction of sp³-hybridized carbons (Fsp3) is 0.448. The summed E-state index contributed by atoms with van der Waals surface area (Å²) in [7, 11) is 0. The molecule has 0 saturated carbocycles. The van der Waals surface area contributed by atoms with E-state index in [1.54, 1.807) is 24.3 Å². The molecule has 0 unspecified atom stereocenters. The first kappa shape index (κ1) is 29.7. The lowest BCUT2D eigenvalue weighted by atomic mass is 10.0. The van der Waals surface area contributed by atoms with E-state index in [9.17, 15) is 19.2 Å². The highest BCUT2D eigenvalue weighted by molar-refractivity contribution is 5.99. The minimum atomic E-state index is -0.868. The molecule has 2 aromatic carbocycles. The van der Waals surface area contributed by atoms with Gasteiger partial charge >= 0.3 is 0 Å². The van der Waals surface area contributed by atoms with Crippen LogP contribution in [0, 0.1) is 5.92 Å². The summed E-state index contributed by atoms with van der Waals surface area (Å²) in [6.07, 6.45) is 1.52. The Balaban J connectivity index is 2.06. The Hall–Kier alpha value is -3.52. The molecule has 0 bridgehead atoms. The van der Waals surface area contributed by atoms with Crippen LogP contribution in [0.3, 0.4) is 0 Å². The second-order valence-electron chi connectivity index (χ2n) is 9.46. The third-order valence-electron chi connectivity index (χ3n) is 6.14. The smallest absolute Gasteiger partial charge is 0.251 e. The molecular weight excluding hydrogens is 468 g/mol. The maximum atomic E-state index is 13.1. The van der Waals surface area contributed by atoms with Crippen LogP contribution in [0.15, 0.2) is 54.6 Å². The summed E-state index contributed by atoms with van der Waals surface area (Å²) in [5, 5.41) is 8.45. The molecule has 8 heteroatoms. The summed E-state index contributed by atoms with van der Waals surface area (Å²) < 4.78 is 0. The SMILES string of the molecule is CCN(CC)CCNC(=O)c1ccc(C(=O)N[C@@H](Cc2ccccc2)C(=O)N[C@H](C=O)CC(C)C)cc1. The summed E-state index contributed by atoms with van der Waals surface area (Å²) >= 11 is 0. The number of rotatable bonds is 15. The van der Waals surface area contributed by atoms with E-state index in [0.29, 0.717) is 24.1 Å². The average molecular weight is 509 g/mol. The van der Waals surface area contributed by atoms with E-state index in [4.69, 9.17) is 0 Å². The molecule has 0 saturated heterocycles. The number of nitrogens with one attached hydrogen (secondary N) is 3. The van der Waals surface area contributed by atoms with Crippen molar-refractivity contribution in [2.24, 2.45) is 5.92 Å². The summed E-state index contributed by atoms with van der Waals surface area (Å²) in [6.45, 7) is 11.3. The van der Waals surface area contributed by atoms with Crippen LogP contribution in [-0.2, 0) is 16.0 Å². The lowest BCUT2D eigenvalue weighted by molar-refractivity contribution is -0.125. The number of aldehydes is 1. The van der Waals surface area contributed by atoms with Gasteiger partial charge in [0.05, 0.1) is 6.04 Å². The minimum Gasteiger partial charge on any atom is -0.351 e. The largest absolute Gasteiger partial charge is 0.351 e. The van der Waals surface area contributed by atoms with E-state index >= 15 is 0 Å². The maximum absolute atomic E-state index is 13.1. The second kappa shape index (κ2) is 15.6. The zero-order chi connectivity index (χ0) is 27.2. The highest BCUT2D eigenvalue weighted by Crippen LogP contribution is 2.09. The Morgan fingerprint density at radius 3 is 2.00 bits per heavy atom. The van der Waals surface area contributed by atoms with Crippen LogP contribution in [-0.4, -0.2) is 67.2 Å². The van der Waals surface area contributed by atoms with Crippen molar-refractivity contribution in [1.29, 1.82) is 0 Å². The van der Waals surface area contributed by atoms with E-state index in [0.717, 1.165) is 31.5 Å². The Kier molecular flexibility index (Phi) is 12.5. The van der Waals surface area contributed by atoms with Crippen molar-refractivity contribution in [1.82, 2.24) is 20.9 Å². The van der Waals surface area contributed by atoms with Crippen LogP contribution in [0.5, 0.6) is 0 Å². The van der Waals surface area contributed by atoms with E-state index < -0.39 is 23.9 Å². The van der Waals surface area contributed by atoms with Gasteiger partial charge in [-0.05, 0) is 55.3 Å². The number of hydrogen-bond donors (Lipinski definition) is 3. The number of amides is 3. The Morgan fingerprint density at radius 1 is 0.865 bits per heavy atom. The molecule has 8 nitrogen and oxygen atoms in total. The standard InChI is InChI=1S/C29H40N4O4/c1-5-33(6-2)17-16-30-27(35)23-12-14-24(15-13-23)28(36)32-26(19-22-10-8-7-9-11-22)29(37)31-25(20-34)18-21(3)4/h7-15,20-21,25-26H,5-6,16-19H2,1-4H3,(H,30,35)(H,31,37)(H,32,36)/t25-,26-/m0/s1. The number of carbonyl (C=O) groups excluding carboxylic acids is 4. The number of likely N-dealkylation sites (N-methyl/N-ethyl adjacent to an activating group) is 1. The monoisotopic (exact) mass is 508 g/mol. The van der Waals surface area contributed by atoms with Crippen LogP contribution < -0.4 is 16.0 Å². The fourth-order valence-corrected chi connectivity index (χ4v) is 3.98. The first-order chi connectivity index (χ1) is 17.8. The van der Waals surface area contributed by atoms with Gasteiger partial charge in [-0.1, -0.05) is 58.0 Å². The molecule has 2 aromatic rings. The van der Waals surface area contributed by atoms with Crippen molar-refractivity contribution < 1.29 is 19.2 Å². The van der Waals surface area contributed by atoms with Crippen LogP contribution in [0.25, 0.3) is 0 Å². The maximum Gasteiger partial charge on any atom is 0.251 e. The first-order valence-electron chi connectivity index (χ1n) is 13.0. The predicted molar refractivity (Wildman–Crippen MR) is 145 cm³/mol. The number of benzene rings is 2. The van der Waals surface area contributed by atoms with Gasteiger partial charge < -0.3 is 25.6 Å². The Labute approximate surface area is 220 Å². The van der Waals surface area contributed by atoms with Crippen LogP contribution in [0.2, 0.25) is 0 Å². The van der Waals surface area contributed by atoms with E-state index in [1.165, 1.54) is 0 Å². The van der Waals surface area contributed by atoms with Crippen LogP contribution in [0.1, 0.15) is 60.4 Å². The molecule has 0 spiro atoms. The molecule has 2 atom stereocenters. The lowest BCUT2D eigenvalue weighted by Gasteiger charge is -2.22. The zero-order valence-electron chi connectivity index (χ0n) is 22.3. The van der Waals surface area contributed by atoms with Crippen LogP contribution in [0.4, 0.5) is 0 Å². The van der Waals surface area contributed by atoms with Crippen molar-refractivity contribution in [2.75, 3.05) is 26.2 Å². The van der Waals surface area contributed by atoms with Gasteiger partial charge in [-0.15, -0.1) is 0 Å².